The lowest BCUT2D eigenvalue weighted by Crippen LogP contribution is -2.17. The van der Waals surface area contributed by atoms with Crippen molar-refractivity contribution in [2.45, 2.75) is 12.6 Å². The zero-order valence-corrected chi connectivity index (χ0v) is 14.6. The number of benzene rings is 1. The minimum atomic E-state index is -4.46. The molecule has 2 aromatic rings. The molecule has 1 heterocycles. The fourth-order valence-corrected chi connectivity index (χ4v) is 2.23. The van der Waals surface area contributed by atoms with Gasteiger partial charge in [-0.3, -0.25) is 4.79 Å². The SMILES string of the molecule is CN(C)CCCNc1ccc(C(=O)Nc2cccc(C(F)(F)F)c2)nc1. The van der Waals surface area contributed by atoms with Crippen LogP contribution in [0.15, 0.2) is 42.6 Å². The van der Waals surface area contributed by atoms with E-state index >= 15 is 0 Å². The van der Waals surface area contributed by atoms with Crippen LogP contribution in [0.3, 0.4) is 0 Å². The van der Waals surface area contributed by atoms with Crippen LogP contribution in [0.5, 0.6) is 0 Å². The highest BCUT2D eigenvalue weighted by Gasteiger charge is 2.30. The van der Waals surface area contributed by atoms with E-state index in [9.17, 15) is 18.0 Å². The summed E-state index contributed by atoms with van der Waals surface area (Å²) in [7, 11) is 4.00. The van der Waals surface area contributed by atoms with E-state index in [0.29, 0.717) is 0 Å². The smallest absolute Gasteiger partial charge is 0.384 e. The van der Waals surface area contributed by atoms with Crippen molar-refractivity contribution in [3.8, 4) is 0 Å². The third-order valence-electron chi connectivity index (χ3n) is 3.56. The Hall–Kier alpha value is -2.61. The van der Waals surface area contributed by atoms with E-state index in [4.69, 9.17) is 0 Å². The monoisotopic (exact) mass is 366 g/mol. The molecule has 0 aliphatic rings. The van der Waals surface area contributed by atoms with Gasteiger partial charge in [0.2, 0.25) is 0 Å². The van der Waals surface area contributed by atoms with E-state index < -0.39 is 17.6 Å². The van der Waals surface area contributed by atoms with Crippen LogP contribution in [0.2, 0.25) is 0 Å². The lowest BCUT2D eigenvalue weighted by molar-refractivity contribution is -0.137. The summed E-state index contributed by atoms with van der Waals surface area (Å²) in [6, 6.07) is 7.71. The number of nitrogens with one attached hydrogen (secondary N) is 2. The summed E-state index contributed by atoms with van der Waals surface area (Å²) in [6.07, 6.45) is -1.97. The highest BCUT2D eigenvalue weighted by molar-refractivity contribution is 6.03. The number of halogens is 3. The molecular weight excluding hydrogens is 345 g/mol. The van der Waals surface area contributed by atoms with Crippen molar-refractivity contribution in [1.29, 1.82) is 0 Å². The van der Waals surface area contributed by atoms with E-state index in [2.05, 4.69) is 20.5 Å². The standard InChI is InChI=1S/C18H21F3N4O/c1-25(2)10-4-9-22-15-7-8-16(23-12-15)17(26)24-14-6-3-5-13(11-14)18(19,20)21/h3,5-8,11-12,22H,4,9-10H2,1-2H3,(H,24,26). The topological polar surface area (TPSA) is 57.3 Å². The Morgan fingerprint density at radius 2 is 1.92 bits per heavy atom. The first-order chi connectivity index (χ1) is 12.3. The Morgan fingerprint density at radius 1 is 1.15 bits per heavy atom. The molecule has 0 fully saturated rings. The highest BCUT2D eigenvalue weighted by Crippen LogP contribution is 2.30. The zero-order valence-electron chi connectivity index (χ0n) is 14.6. The number of carbonyl (C=O) groups excluding carboxylic acids is 1. The minimum Gasteiger partial charge on any atom is -0.384 e. The molecule has 1 aromatic heterocycles. The molecule has 0 saturated heterocycles. The molecule has 0 radical (unpaired) electrons. The van der Waals surface area contributed by atoms with Gasteiger partial charge in [-0.25, -0.2) is 4.98 Å². The summed E-state index contributed by atoms with van der Waals surface area (Å²) < 4.78 is 38.1. The molecule has 5 nitrogen and oxygen atoms in total. The lowest BCUT2D eigenvalue weighted by atomic mass is 10.2. The highest BCUT2D eigenvalue weighted by atomic mass is 19.4. The van der Waals surface area contributed by atoms with Gasteiger partial charge in [-0.2, -0.15) is 13.2 Å². The van der Waals surface area contributed by atoms with Gasteiger partial charge in [-0.15, -0.1) is 0 Å². The molecule has 0 saturated carbocycles. The number of carbonyl (C=O) groups is 1. The number of hydrogen-bond acceptors (Lipinski definition) is 4. The summed E-state index contributed by atoms with van der Waals surface area (Å²) in [6.45, 7) is 1.73. The Labute approximate surface area is 150 Å². The predicted octanol–water partition coefficient (Wildman–Crippen LogP) is 3.72. The summed E-state index contributed by atoms with van der Waals surface area (Å²) >= 11 is 0. The van der Waals surface area contributed by atoms with Crippen LogP contribution in [-0.4, -0.2) is 43.0 Å². The number of nitrogens with zero attached hydrogens (tertiary/aromatic N) is 2. The molecule has 2 N–H and O–H groups in total. The van der Waals surface area contributed by atoms with Crippen LogP contribution in [0, 0.1) is 0 Å². The summed E-state index contributed by atoms with van der Waals surface area (Å²) in [5.41, 5.74) is 0.152. The Bertz CT molecular complexity index is 730. The quantitative estimate of drug-likeness (QED) is 0.734. The number of alkyl halides is 3. The predicted molar refractivity (Wildman–Crippen MR) is 95.3 cm³/mol. The van der Waals surface area contributed by atoms with Gasteiger partial charge < -0.3 is 15.5 Å². The molecule has 8 heteroatoms. The van der Waals surface area contributed by atoms with Crippen molar-refractivity contribution in [1.82, 2.24) is 9.88 Å². The second-order valence-electron chi connectivity index (χ2n) is 6.05. The zero-order chi connectivity index (χ0) is 19.2. The summed E-state index contributed by atoms with van der Waals surface area (Å²) in [5.74, 6) is -0.566. The van der Waals surface area contributed by atoms with Gasteiger partial charge in [0, 0.05) is 12.2 Å². The number of anilines is 2. The number of aromatic nitrogens is 1. The van der Waals surface area contributed by atoms with Gasteiger partial charge in [0.25, 0.3) is 5.91 Å². The Balaban J connectivity index is 1.94. The first-order valence-electron chi connectivity index (χ1n) is 8.09. The van der Waals surface area contributed by atoms with E-state index in [1.54, 1.807) is 6.07 Å². The molecule has 140 valence electrons. The van der Waals surface area contributed by atoms with Gasteiger partial charge in [0.15, 0.2) is 0 Å². The fourth-order valence-electron chi connectivity index (χ4n) is 2.23. The first-order valence-corrected chi connectivity index (χ1v) is 8.09. The van der Waals surface area contributed by atoms with E-state index in [1.807, 2.05) is 14.1 Å². The van der Waals surface area contributed by atoms with E-state index in [-0.39, 0.29) is 11.4 Å². The minimum absolute atomic E-state index is 0.0671. The van der Waals surface area contributed by atoms with E-state index in [1.165, 1.54) is 24.4 Å². The summed E-state index contributed by atoms with van der Waals surface area (Å²) in [4.78, 5) is 18.3. The van der Waals surface area contributed by atoms with E-state index in [0.717, 1.165) is 37.3 Å². The summed E-state index contributed by atoms with van der Waals surface area (Å²) in [5, 5.41) is 5.62. The molecule has 0 bridgehead atoms. The molecule has 26 heavy (non-hydrogen) atoms. The molecule has 0 unspecified atom stereocenters. The molecule has 1 aromatic carbocycles. The molecule has 0 spiro atoms. The van der Waals surface area contributed by atoms with Crippen molar-refractivity contribution < 1.29 is 18.0 Å². The second kappa shape index (κ2) is 8.66. The average molecular weight is 366 g/mol. The van der Waals surface area contributed by atoms with Crippen LogP contribution >= 0.6 is 0 Å². The molecular formula is C18H21F3N4O. The van der Waals surface area contributed by atoms with Gasteiger partial charge in [0.1, 0.15) is 5.69 Å². The van der Waals surface area contributed by atoms with Gasteiger partial charge in [-0.1, -0.05) is 6.07 Å². The average Bonchev–Trinajstić information content (AvgIpc) is 2.58. The van der Waals surface area contributed by atoms with Crippen molar-refractivity contribution in [3.63, 3.8) is 0 Å². The molecule has 0 atom stereocenters. The van der Waals surface area contributed by atoms with Gasteiger partial charge in [-0.05, 0) is 57.4 Å². The third kappa shape index (κ3) is 6.03. The number of amides is 1. The van der Waals surface area contributed by atoms with Crippen LogP contribution < -0.4 is 10.6 Å². The van der Waals surface area contributed by atoms with Gasteiger partial charge in [0.05, 0.1) is 17.4 Å². The molecule has 1 amide bonds. The first kappa shape index (κ1) is 19.7. The van der Waals surface area contributed by atoms with Crippen molar-refractivity contribution in [2.24, 2.45) is 0 Å². The molecule has 2 rings (SSSR count). The Kier molecular flexibility index (Phi) is 6.57. The van der Waals surface area contributed by atoms with Crippen molar-refractivity contribution in [2.75, 3.05) is 37.8 Å². The maximum Gasteiger partial charge on any atom is 0.416 e. The van der Waals surface area contributed by atoms with Crippen LogP contribution in [0.1, 0.15) is 22.5 Å². The van der Waals surface area contributed by atoms with Crippen LogP contribution in [-0.2, 0) is 6.18 Å². The van der Waals surface area contributed by atoms with Gasteiger partial charge >= 0.3 is 6.18 Å². The van der Waals surface area contributed by atoms with Crippen LogP contribution in [0.25, 0.3) is 0 Å². The van der Waals surface area contributed by atoms with Crippen LogP contribution in [0.4, 0.5) is 24.5 Å². The fraction of sp³-hybridized carbons (Fsp3) is 0.333. The number of rotatable bonds is 7. The molecule has 0 aliphatic carbocycles. The lowest BCUT2D eigenvalue weighted by Gasteiger charge is -2.11. The Morgan fingerprint density at radius 3 is 2.54 bits per heavy atom. The molecule has 0 aliphatic heterocycles. The largest absolute Gasteiger partial charge is 0.416 e. The number of hydrogen-bond donors (Lipinski definition) is 2. The van der Waals surface area contributed by atoms with Crippen molar-refractivity contribution in [3.05, 3.63) is 53.9 Å². The second-order valence-corrected chi connectivity index (χ2v) is 6.05. The third-order valence-corrected chi connectivity index (χ3v) is 3.56. The normalized spacial score (nSPS) is 11.5. The number of pyridine rings is 1. The maximum absolute atomic E-state index is 12.7. The van der Waals surface area contributed by atoms with Crippen molar-refractivity contribution >= 4 is 17.3 Å². The maximum atomic E-state index is 12.7.